The summed E-state index contributed by atoms with van der Waals surface area (Å²) in [6, 6.07) is 2.60. The zero-order valence-electron chi connectivity index (χ0n) is 15.4. The van der Waals surface area contributed by atoms with Crippen LogP contribution in [0.15, 0.2) is 23.6 Å². The molecule has 1 unspecified atom stereocenters. The molecule has 3 amide bonds. The number of imide groups is 1. The number of aryl methyl sites for hydroxylation is 1. The fourth-order valence-corrected chi connectivity index (χ4v) is 3.76. The minimum absolute atomic E-state index is 0.0438. The summed E-state index contributed by atoms with van der Waals surface area (Å²) in [6.07, 6.45) is 1.87. The molecule has 0 bridgehead atoms. The van der Waals surface area contributed by atoms with Crippen molar-refractivity contribution in [3.8, 4) is 0 Å². The molecule has 144 valence electrons. The normalized spacial score (nSPS) is 19.9. The van der Waals surface area contributed by atoms with Crippen LogP contribution in [0.5, 0.6) is 0 Å². The average molecular weight is 393 g/mol. The van der Waals surface area contributed by atoms with Crippen LogP contribution in [0.3, 0.4) is 0 Å². The van der Waals surface area contributed by atoms with Gasteiger partial charge in [-0.1, -0.05) is 19.9 Å². The monoisotopic (exact) mass is 393 g/mol. The number of urea groups is 1. The van der Waals surface area contributed by atoms with Crippen LogP contribution >= 0.6 is 11.3 Å². The first-order valence-electron chi connectivity index (χ1n) is 8.73. The predicted octanol–water partition coefficient (Wildman–Crippen LogP) is 3.98. The second-order valence-electron chi connectivity index (χ2n) is 7.24. The van der Waals surface area contributed by atoms with Crippen LogP contribution in [0.25, 0.3) is 0 Å². The summed E-state index contributed by atoms with van der Waals surface area (Å²) >= 11 is 1.51. The zero-order chi connectivity index (χ0) is 19.8. The molecule has 1 fully saturated rings. The van der Waals surface area contributed by atoms with Gasteiger partial charge in [-0.25, -0.2) is 18.6 Å². The average Bonchev–Trinajstić information content (AvgIpc) is 3.14. The standard InChI is InChI=1S/C19H21F2N3O2S/c1-11(2)4-7-16-22-13(10-27-16)9-24-17(25)19(3,23-18(24)26)12-5-6-14(20)15(21)8-12/h5-6,8,10-11H,4,7,9H2,1-3H3,(H,23,26). The van der Waals surface area contributed by atoms with Crippen molar-refractivity contribution >= 4 is 23.3 Å². The third-order valence-corrected chi connectivity index (χ3v) is 5.58. The summed E-state index contributed by atoms with van der Waals surface area (Å²) in [5.41, 5.74) is -0.614. The number of hydrogen-bond donors (Lipinski definition) is 1. The van der Waals surface area contributed by atoms with Crippen molar-refractivity contribution in [3.63, 3.8) is 0 Å². The molecule has 2 aromatic rings. The van der Waals surface area contributed by atoms with Gasteiger partial charge < -0.3 is 5.32 Å². The van der Waals surface area contributed by atoms with E-state index in [-0.39, 0.29) is 12.1 Å². The summed E-state index contributed by atoms with van der Waals surface area (Å²) in [5.74, 6) is -2.02. The Balaban J connectivity index is 1.77. The number of nitrogens with zero attached hydrogens (tertiary/aromatic N) is 2. The Kier molecular flexibility index (Phi) is 5.28. The zero-order valence-corrected chi connectivity index (χ0v) is 16.2. The molecule has 1 aliphatic heterocycles. The lowest BCUT2D eigenvalue weighted by molar-refractivity contribution is -0.131. The lowest BCUT2D eigenvalue weighted by Crippen LogP contribution is -2.41. The van der Waals surface area contributed by atoms with Crippen LogP contribution in [0.1, 0.15) is 43.5 Å². The molecule has 2 heterocycles. The van der Waals surface area contributed by atoms with Crippen LogP contribution in [-0.4, -0.2) is 21.8 Å². The van der Waals surface area contributed by atoms with E-state index in [0.29, 0.717) is 11.6 Å². The lowest BCUT2D eigenvalue weighted by Gasteiger charge is -2.22. The molecule has 0 saturated carbocycles. The van der Waals surface area contributed by atoms with Gasteiger partial charge in [0.2, 0.25) is 0 Å². The number of amides is 3. The van der Waals surface area contributed by atoms with Crippen molar-refractivity contribution in [1.29, 1.82) is 0 Å². The second kappa shape index (κ2) is 7.34. The highest BCUT2D eigenvalue weighted by atomic mass is 32.1. The van der Waals surface area contributed by atoms with Gasteiger partial charge in [-0.3, -0.25) is 9.69 Å². The van der Waals surface area contributed by atoms with E-state index in [4.69, 9.17) is 0 Å². The van der Waals surface area contributed by atoms with Gasteiger partial charge in [0.05, 0.1) is 17.2 Å². The predicted molar refractivity (Wildman–Crippen MR) is 98.1 cm³/mol. The molecular formula is C19H21F2N3O2S. The topological polar surface area (TPSA) is 62.3 Å². The van der Waals surface area contributed by atoms with E-state index in [2.05, 4.69) is 24.1 Å². The molecule has 1 aliphatic rings. The van der Waals surface area contributed by atoms with Crippen molar-refractivity contribution in [3.05, 3.63) is 51.5 Å². The van der Waals surface area contributed by atoms with Gasteiger partial charge in [-0.15, -0.1) is 11.3 Å². The fourth-order valence-electron chi connectivity index (χ4n) is 2.95. The summed E-state index contributed by atoms with van der Waals surface area (Å²) < 4.78 is 26.8. The number of aromatic nitrogens is 1. The highest BCUT2D eigenvalue weighted by molar-refractivity contribution is 7.09. The van der Waals surface area contributed by atoms with Crippen molar-refractivity contribution < 1.29 is 18.4 Å². The van der Waals surface area contributed by atoms with E-state index in [1.807, 2.05) is 5.38 Å². The van der Waals surface area contributed by atoms with E-state index >= 15 is 0 Å². The Labute approximate surface area is 160 Å². The first kappa shape index (κ1) is 19.4. The molecule has 8 heteroatoms. The maximum absolute atomic E-state index is 13.6. The molecule has 27 heavy (non-hydrogen) atoms. The smallest absolute Gasteiger partial charge is 0.319 e. The minimum Gasteiger partial charge on any atom is -0.319 e. The van der Waals surface area contributed by atoms with Gasteiger partial charge in [-0.2, -0.15) is 0 Å². The quantitative estimate of drug-likeness (QED) is 0.755. The van der Waals surface area contributed by atoms with Crippen LogP contribution in [0, 0.1) is 17.6 Å². The Morgan fingerprint density at radius 2 is 2.00 bits per heavy atom. The first-order chi connectivity index (χ1) is 12.7. The van der Waals surface area contributed by atoms with Gasteiger partial charge in [-0.05, 0) is 43.4 Å². The maximum atomic E-state index is 13.6. The molecule has 1 aromatic heterocycles. The maximum Gasteiger partial charge on any atom is 0.325 e. The van der Waals surface area contributed by atoms with E-state index < -0.39 is 29.1 Å². The second-order valence-corrected chi connectivity index (χ2v) is 8.18. The van der Waals surface area contributed by atoms with Crippen molar-refractivity contribution in [2.75, 3.05) is 0 Å². The van der Waals surface area contributed by atoms with Crippen LogP contribution in [-0.2, 0) is 23.3 Å². The molecule has 1 atom stereocenters. The van der Waals surface area contributed by atoms with E-state index in [0.717, 1.165) is 34.9 Å². The number of halogens is 2. The minimum atomic E-state index is -1.44. The van der Waals surface area contributed by atoms with Crippen LogP contribution in [0.2, 0.25) is 0 Å². The van der Waals surface area contributed by atoms with Crippen molar-refractivity contribution in [2.24, 2.45) is 5.92 Å². The Morgan fingerprint density at radius 1 is 1.26 bits per heavy atom. The fraction of sp³-hybridized carbons (Fsp3) is 0.421. The number of nitrogens with one attached hydrogen (secondary N) is 1. The molecule has 5 nitrogen and oxygen atoms in total. The summed E-state index contributed by atoms with van der Waals surface area (Å²) in [7, 11) is 0. The Morgan fingerprint density at radius 3 is 2.67 bits per heavy atom. The SMILES string of the molecule is CC(C)CCc1nc(CN2C(=O)NC(C)(c3ccc(F)c(F)c3)C2=O)cs1. The molecule has 1 aromatic carbocycles. The number of carbonyl (C=O) groups is 2. The third-order valence-electron chi connectivity index (χ3n) is 4.63. The van der Waals surface area contributed by atoms with E-state index in [9.17, 15) is 18.4 Å². The van der Waals surface area contributed by atoms with Crippen LogP contribution in [0.4, 0.5) is 13.6 Å². The number of thiazole rings is 1. The summed E-state index contributed by atoms with van der Waals surface area (Å²) in [4.78, 5) is 30.8. The largest absolute Gasteiger partial charge is 0.325 e. The molecule has 3 rings (SSSR count). The Hall–Kier alpha value is -2.35. The van der Waals surface area contributed by atoms with Gasteiger partial charge in [0.25, 0.3) is 5.91 Å². The van der Waals surface area contributed by atoms with Gasteiger partial charge in [0, 0.05) is 5.38 Å². The van der Waals surface area contributed by atoms with Gasteiger partial charge in [0.15, 0.2) is 11.6 Å². The lowest BCUT2D eigenvalue weighted by atomic mass is 9.92. The summed E-state index contributed by atoms with van der Waals surface area (Å²) in [5, 5.41) is 5.39. The summed E-state index contributed by atoms with van der Waals surface area (Å²) in [6.45, 7) is 5.80. The first-order valence-corrected chi connectivity index (χ1v) is 9.61. The van der Waals surface area contributed by atoms with Gasteiger partial charge in [0.1, 0.15) is 5.54 Å². The van der Waals surface area contributed by atoms with Crippen molar-refractivity contribution in [2.45, 2.75) is 45.7 Å². The highest BCUT2D eigenvalue weighted by Crippen LogP contribution is 2.31. The van der Waals surface area contributed by atoms with Crippen molar-refractivity contribution in [1.82, 2.24) is 15.2 Å². The van der Waals surface area contributed by atoms with Gasteiger partial charge >= 0.3 is 6.03 Å². The van der Waals surface area contributed by atoms with E-state index in [1.54, 1.807) is 0 Å². The molecule has 0 spiro atoms. The number of hydrogen-bond acceptors (Lipinski definition) is 4. The highest BCUT2D eigenvalue weighted by Gasteiger charge is 2.49. The van der Waals surface area contributed by atoms with E-state index in [1.165, 1.54) is 24.3 Å². The molecule has 0 aliphatic carbocycles. The third kappa shape index (κ3) is 3.85. The molecule has 1 saturated heterocycles. The number of rotatable bonds is 6. The molecule has 1 N–H and O–H groups in total. The molecular weight excluding hydrogens is 372 g/mol. The number of carbonyl (C=O) groups excluding carboxylic acids is 2. The Bertz CT molecular complexity index is 884. The van der Waals surface area contributed by atoms with Crippen LogP contribution < -0.4 is 5.32 Å². The molecule has 0 radical (unpaired) electrons. The number of benzene rings is 1.